The molecule has 0 N–H and O–H groups in total. The number of halogens is 2. The molecule has 0 saturated carbocycles. The number of ether oxygens (including phenoxy) is 2. The number of carbonyl (C=O) groups is 1. The van der Waals surface area contributed by atoms with Gasteiger partial charge in [0.05, 0.1) is 36.1 Å². The van der Waals surface area contributed by atoms with Crippen LogP contribution in [0, 0.1) is 12.7 Å². The number of nitrogens with zero attached hydrogens (tertiary/aromatic N) is 5. The average Bonchev–Trinajstić information content (AvgIpc) is 3.39. The lowest BCUT2D eigenvalue weighted by molar-refractivity contribution is -0.0592. The maximum atomic E-state index is 14.1. The zero-order valence-electron chi connectivity index (χ0n) is 22.1. The fourth-order valence-corrected chi connectivity index (χ4v) is 5.88. The minimum atomic E-state index is -0.398. The Hall–Kier alpha value is -3.10. The second kappa shape index (κ2) is 11.4. The molecule has 2 aliphatic heterocycles. The van der Waals surface area contributed by atoms with Crippen LogP contribution in [-0.4, -0.2) is 55.9 Å². The minimum Gasteiger partial charge on any atom is -0.473 e. The van der Waals surface area contributed by atoms with E-state index in [0.717, 1.165) is 79.2 Å². The monoisotopic (exact) mass is 581 g/mol. The number of rotatable bonds is 9. The van der Waals surface area contributed by atoms with Gasteiger partial charge in [0.2, 0.25) is 5.88 Å². The molecule has 2 unspecified atom stereocenters. The van der Waals surface area contributed by atoms with E-state index in [1.54, 1.807) is 22.5 Å². The molecule has 0 aliphatic carbocycles. The standard InChI is InChI=1S/C29H30ClFN5O3P/c1-18-25(16-37)36(40)29-28(18)35(14-22-9-12-38-22)26(33-29)15-34-10-7-19(8-11-34)24-3-2-4-27(32-24)39-17-20-5-6-21(30)13-23(20)31/h2-7,13,16,22H,8-12,14-15,17,40H2,1H3. The third-order valence-electron chi connectivity index (χ3n) is 7.65. The largest absolute Gasteiger partial charge is 0.473 e. The molecule has 2 aliphatic rings. The lowest BCUT2D eigenvalue weighted by atomic mass is 10.0. The molecule has 0 amide bonds. The Balaban J connectivity index is 1.16. The summed E-state index contributed by atoms with van der Waals surface area (Å²) in [7, 11) is 2.62. The molecule has 0 bridgehead atoms. The quantitative estimate of drug-likeness (QED) is 0.194. The third kappa shape index (κ3) is 5.31. The second-order valence-corrected chi connectivity index (χ2v) is 11.1. The van der Waals surface area contributed by atoms with Gasteiger partial charge in [0.25, 0.3) is 0 Å². The Morgan fingerprint density at radius 2 is 2.12 bits per heavy atom. The van der Waals surface area contributed by atoms with Gasteiger partial charge in [-0.2, -0.15) is 0 Å². The van der Waals surface area contributed by atoms with Crippen molar-refractivity contribution in [1.82, 2.24) is 23.8 Å². The van der Waals surface area contributed by atoms with Crippen molar-refractivity contribution in [3.8, 4) is 5.88 Å². The van der Waals surface area contributed by atoms with Gasteiger partial charge in [-0.05, 0) is 52.9 Å². The maximum absolute atomic E-state index is 14.1. The highest BCUT2D eigenvalue weighted by molar-refractivity contribution is 7.15. The Kier molecular flexibility index (Phi) is 7.73. The lowest BCUT2D eigenvalue weighted by Crippen LogP contribution is -2.33. The third-order valence-corrected chi connectivity index (χ3v) is 8.41. The molecule has 1 fully saturated rings. The number of aldehydes is 1. The number of hydrogen-bond donors (Lipinski definition) is 0. The molecule has 208 valence electrons. The highest BCUT2D eigenvalue weighted by Gasteiger charge is 2.27. The molecular formula is C29H30ClFN5O3P. The molecule has 40 heavy (non-hydrogen) atoms. The lowest BCUT2D eigenvalue weighted by Gasteiger charge is -2.29. The van der Waals surface area contributed by atoms with Crippen molar-refractivity contribution >= 4 is 44.0 Å². The summed E-state index contributed by atoms with van der Waals surface area (Å²) >= 11 is 5.84. The summed E-state index contributed by atoms with van der Waals surface area (Å²) in [5, 5.41) is 0.352. The summed E-state index contributed by atoms with van der Waals surface area (Å²) in [6, 6.07) is 10.2. The van der Waals surface area contributed by atoms with Crippen LogP contribution in [0.5, 0.6) is 5.88 Å². The first kappa shape index (κ1) is 27.1. The van der Waals surface area contributed by atoms with Crippen LogP contribution in [0.15, 0.2) is 42.5 Å². The molecule has 0 radical (unpaired) electrons. The van der Waals surface area contributed by atoms with Gasteiger partial charge in [-0.3, -0.25) is 9.69 Å². The molecule has 6 rings (SSSR count). The average molecular weight is 582 g/mol. The van der Waals surface area contributed by atoms with E-state index in [1.807, 2.05) is 19.1 Å². The topological polar surface area (TPSA) is 74.4 Å². The van der Waals surface area contributed by atoms with Crippen LogP contribution in [-0.2, 0) is 24.4 Å². The SMILES string of the molecule is Cc1c(C=O)n(P)c2nc(CN3CC=C(c4cccc(OCc5ccc(Cl)cc5F)n4)CC3)n(CC3CCO3)c12. The molecule has 1 aromatic carbocycles. The van der Waals surface area contributed by atoms with Gasteiger partial charge in [-0.1, -0.05) is 29.8 Å². The van der Waals surface area contributed by atoms with Crippen LogP contribution in [0.3, 0.4) is 0 Å². The van der Waals surface area contributed by atoms with Crippen LogP contribution in [0.1, 0.15) is 46.0 Å². The normalized spacial score (nSPS) is 17.6. The fourth-order valence-electron chi connectivity index (χ4n) is 5.29. The number of aromatic nitrogens is 4. The zero-order chi connectivity index (χ0) is 27.8. The molecule has 11 heteroatoms. The number of fused-ring (bicyclic) bond motifs is 1. The van der Waals surface area contributed by atoms with Gasteiger partial charge in [-0.25, -0.2) is 14.4 Å². The molecule has 4 aromatic rings. The molecular weight excluding hydrogens is 552 g/mol. The number of benzene rings is 1. The molecule has 2 atom stereocenters. The number of carbonyl (C=O) groups excluding carboxylic acids is 1. The zero-order valence-corrected chi connectivity index (χ0v) is 24.1. The van der Waals surface area contributed by atoms with E-state index in [2.05, 4.69) is 29.9 Å². The van der Waals surface area contributed by atoms with E-state index in [-0.39, 0.29) is 12.7 Å². The van der Waals surface area contributed by atoms with Crippen LogP contribution in [0.2, 0.25) is 5.02 Å². The Morgan fingerprint density at radius 1 is 1.27 bits per heavy atom. The predicted octanol–water partition coefficient (Wildman–Crippen LogP) is 5.44. The van der Waals surface area contributed by atoms with E-state index in [4.69, 9.17) is 26.1 Å². The van der Waals surface area contributed by atoms with E-state index >= 15 is 0 Å². The van der Waals surface area contributed by atoms with Gasteiger partial charge in [0, 0.05) is 41.9 Å². The Labute approximate surface area is 239 Å². The van der Waals surface area contributed by atoms with Gasteiger partial charge in [0.15, 0.2) is 11.9 Å². The van der Waals surface area contributed by atoms with E-state index in [1.165, 1.54) is 6.07 Å². The molecule has 1 saturated heterocycles. The summed E-state index contributed by atoms with van der Waals surface area (Å²) in [5.74, 6) is 1.02. The summed E-state index contributed by atoms with van der Waals surface area (Å²) in [4.78, 5) is 23.7. The second-order valence-electron chi connectivity index (χ2n) is 10.2. The van der Waals surface area contributed by atoms with Crippen LogP contribution in [0.4, 0.5) is 4.39 Å². The summed E-state index contributed by atoms with van der Waals surface area (Å²) in [6.07, 6.45) is 5.11. The van der Waals surface area contributed by atoms with Crippen LogP contribution in [0.25, 0.3) is 16.7 Å². The Bertz CT molecular complexity index is 1610. The Morgan fingerprint density at radius 3 is 2.83 bits per heavy atom. The molecule has 5 heterocycles. The maximum Gasteiger partial charge on any atom is 0.214 e. The van der Waals surface area contributed by atoms with Gasteiger partial charge < -0.3 is 18.4 Å². The summed E-state index contributed by atoms with van der Waals surface area (Å²) in [6.45, 7) is 5.87. The molecule has 8 nitrogen and oxygen atoms in total. The van der Waals surface area contributed by atoms with E-state index in [0.29, 0.717) is 28.7 Å². The van der Waals surface area contributed by atoms with E-state index < -0.39 is 5.82 Å². The van der Waals surface area contributed by atoms with Crippen LogP contribution < -0.4 is 4.74 Å². The van der Waals surface area contributed by atoms with Crippen LogP contribution >= 0.6 is 21.0 Å². The smallest absolute Gasteiger partial charge is 0.214 e. The van der Waals surface area contributed by atoms with Crippen molar-refractivity contribution in [3.63, 3.8) is 0 Å². The minimum absolute atomic E-state index is 0.0749. The van der Waals surface area contributed by atoms with Gasteiger partial charge in [0.1, 0.15) is 18.2 Å². The van der Waals surface area contributed by atoms with Crippen molar-refractivity contribution in [1.29, 1.82) is 0 Å². The summed E-state index contributed by atoms with van der Waals surface area (Å²) < 4.78 is 29.7. The summed E-state index contributed by atoms with van der Waals surface area (Å²) in [5.41, 5.74) is 5.79. The van der Waals surface area contributed by atoms with E-state index in [9.17, 15) is 9.18 Å². The van der Waals surface area contributed by atoms with Crippen molar-refractivity contribution in [2.45, 2.75) is 45.6 Å². The molecule has 3 aromatic heterocycles. The first-order valence-electron chi connectivity index (χ1n) is 13.3. The first-order chi connectivity index (χ1) is 19.4. The first-order valence-corrected chi connectivity index (χ1v) is 14.2. The molecule has 0 spiro atoms. The fraction of sp³-hybridized carbons (Fsp3) is 0.345. The highest BCUT2D eigenvalue weighted by Crippen LogP contribution is 2.31. The highest BCUT2D eigenvalue weighted by atomic mass is 35.5. The number of aryl methyl sites for hydroxylation is 1. The van der Waals surface area contributed by atoms with Crippen molar-refractivity contribution in [2.75, 3.05) is 19.7 Å². The van der Waals surface area contributed by atoms with Gasteiger partial charge in [-0.15, -0.1) is 0 Å². The number of hydrogen-bond acceptors (Lipinski definition) is 6. The van der Waals surface area contributed by atoms with Crippen molar-refractivity contribution in [2.24, 2.45) is 0 Å². The van der Waals surface area contributed by atoms with Gasteiger partial charge >= 0.3 is 0 Å². The van der Waals surface area contributed by atoms with Crippen molar-refractivity contribution in [3.05, 3.63) is 81.7 Å². The predicted molar refractivity (Wildman–Crippen MR) is 155 cm³/mol. The van der Waals surface area contributed by atoms with Crippen molar-refractivity contribution < 1.29 is 18.7 Å². The number of imidazole rings is 1. The number of pyridine rings is 1.